The van der Waals surface area contributed by atoms with E-state index in [-0.39, 0.29) is 5.91 Å². The molecule has 0 aromatic heterocycles. The molecule has 0 aromatic rings. The Labute approximate surface area is 79.5 Å². The minimum Gasteiger partial charge on any atom is -0.369 e. The van der Waals surface area contributed by atoms with Crippen LogP contribution in [0.4, 0.5) is 0 Å². The molecule has 1 fully saturated rings. The van der Waals surface area contributed by atoms with Crippen molar-refractivity contribution in [2.24, 2.45) is 5.73 Å². The lowest BCUT2D eigenvalue weighted by atomic mass is 10.2. The molecule has 0 aromatic carbocycles. The summed E-state index contributed by atoms with van der Waals surface area (Å²) >= 11 is 0. The second-order valence-electron chi connectivity index (χ2n) is 3.58. The summed E-state index contributed by atoms with van der Waals surface area (Å²) in [6.07, 6.45) is 2.21. The SMILES string of the molecule is CCCN(CC(N)=O)C1CCNC1. The Kier molecular flexibility index (Phi) is 4.18. The van der Waals surface area contributed by atoms with E-state index < -0.39 is 0 Å². The van der Waals surface area contributed by atoms with E-state index in [1.807, 2.05) is 0 Å². The molecule has 4 nitrogen and oxygen atoms in total. The molecular formula is C9H19N3O. The van der Waals surface area contributed by atoms with Crippen LogP contribution < -0.4 is 11.1 Å². The fourth-order valence-corrected chi connectivity index (χ4v) is 1.83. The molecule has 1 aliphatic rings. The Morgan fingerprint density at radius 2 is 2.46 bits per heavy atom. The summed E-state index contributed by atoms with van der Waals surface area (Å²) in [6, 6.07) is 0.507. The van der Waals surface area contributed by atoms with E-state index in [4.69, 9.17) is 5.73 Å². The van der Waals surface area contributed by atoms with Crippen LogP contribution in [0.5, 0.6) is 0 Å². The summed E-state index contributed by atoms with van der Waals surface area (Å²) in [5, 5.41) is 3.29. The number of carbonyl (C=O) groups is 1. The Hall–Kier alpha value is -0.610. The topological polar surface area (TPSA) is 58.4 Å². The van der Waals surface area contributed by atoms with Crippen molar-refractivity contribution in [3.63, 3.8) is 0 Å². The molecular weight excluding hydrogens is 166 g/mol. The zero-order chi connectivity index (χ0) is 9.68. The lowest BCUT2D eigenvalue weighted by Gasteiger charge is -2.26. The third-order valence-corrected chi connectivity index (χ3v) is 2.42. The Morgan fingerprint density at radius 3 is 2.92 bits per heavy atom. The van der Waals surface area contributed by atoms with Gasteiger partial charge in [-0.1, -0.05) is 6.92 Å². The molecule has 1 heterocycles. The van der Waals surface area contributed by atoms with Crippen molar-refractivity contribution < 1.29 is 4.79 Å². The summed E-state index contributed by atoms with van der Waals surface area (Å²) in [5.41, 5.74) is 5.19. The number of rotatable bonds is 5. The van der Waals surface area contributed by atoms with Crippen LogP contribution in [-0.2, 0) is 4.79 Å². The highest BCUT2D eigenvalue weighted by Crippen LogP contribution is 2.08. The first-order chi connectivity index (χ1) is 6.24. The lowest BCUT2D eigenvalue weighted by Crippen LogP contribution is -2.42. The van der Waals surface area contributed by atoms with Crippen molar-refractivity contribution in [1.82, 2.24) is 10.2 Å². The molecule has 1 amide bonds. The third kappa shape index (κ3) is 3.32. The summed E-state index contributed by atoms with van der Waals surface area (Å²) in [4.78, 5) is 13.0. The van der Waals surface area contributed by atoms with Crippen molar-refractivity contribution in [3.8, 4) is 0 Å². The molecule has 0 spiro atoms. The van der Waals surface area contributed by atoms with Gasteiger partial charge in [-0.2, -0.15) is 0 Å². The van der Waals surface area contributed by atoms with E-state index in [0.717, 1.165) is 32.5 Å². The Balaban J connectivity index is 2.39. The molecule has 0 aliphatic carbocycles. The second-order valence-corrected chi connectivity index (χ2v) is 3.58. The van der Waals surface area contributed by atoms with E-state index in [1.54, 1.807) is 0 Å². The van der Waals surface area contributed by atoms with Crippen molar-refractivity contribution >= 4 is 5.91 Å². The maximum atomic E-state index is 10.8. The fraction of sp³-hybridized carbons (Fsp3) is 0.889. The van der Waals surface area contributed by atoms with Gasteiger partial charge in [0.15, 0.2) is 0 Å². The monoisotopic (exact) mass is 185 g/mol. The predicted octanol–water partition coefficient (Wildman–Crippen LogP) is -0.454. The zero-order valence-corrected chi connectivity index (χ0v) is 8.25. The van der Waals surface area contributed by atoms with Gasteiger partial charge in [-0.05, 0) is 25.9 Å². The minimum absolute atomic E-state index is 0.222. The molecule has 1 unspecified atom stereocenters. The first-order valence-corrected chi connectivity index (χ1v) is 4.97. The maximum Gasteiger partial charge on any atom is 0.231 e. The molecule has 4 heteroatoms. The molecule has 0 bridgehead atoms. The van der Waals surface area contributed by atoms with Crippen LogP contribution in [0.2, 0.25) is 0 Å². The number of nitrogens with one attached hydrogen (secondary N) is 1. The first kappa shape index (κ1) is 10.5. The van der Waals surface area contributed by atoms with Gasteiger partial charge in [0.05, 0.1) is 6.54 Å². The van der Waals surface area contributed by atoms with Gasteiger partial charge in [-0.15, -0.1) is 0 Å². The average molecular weight is 185 g/mol. The number of primary amides is 1. The zero-order valence-electron chi connectivity index (χ0n) is 8.25. The number of hydrogen-bond donors (Lipinski definition) is 2. The van der Waals surface area contributed by atoms with Crippen LogP contribution in [0.15, 0.2) is 0 Å². The van der Waals surface area contributed by atoms with Crippen LogP contribution in [0.3, 0.4) is 0 Å². The van der Waals surface area contributed by atoms with Crippen molar-refractivity contribution in [2.75, 3.05) is 26.2 Å². The van der Waals surface area contributed by atoms with Gasteiger partial charge in [0.25, 0.3) is 0 Å². The van der Waals surface area contributed by atoms with Gasteiger partial charge in [0.2, 0.25) is 5.91 Å². The van der Waals surface area contributed by atoms with Crippen LogP contribution in [-0.4, -0.2) is 43.0 Å². The summed E-state index contributed by atoms with van der Waals surface area (Å²) in [5.74, 6) is -0.222. The fourth-order valence-electron chi connectivity index (χ4n) is 1.83. The van der Waals surface area contributed by atoms with Gasteiger partial charge < -0.3 is 11.1 Å². The molecule has 76 valence electrons. The number of amides is 1. The molecule has 0 saturated carbocycles. The Morgan fingerprint density at radius 1 is 1.69 bits per heavy atom. The van der Waals surface area contributed by atoms with Crippen molar-refractivity contribution in [3.05, 3.63) is 0 Å². The predicted molar refractivity (Wildman–Crippen MR) is 52.3 cm³/mol. The number of carbonyl (C=O) groups excluding carboxylic acids is 1. The highest BCUT2D eigenvalue weighted by Gasteiger charge is 2.22. The van der Waals surface area contributed by atoms with Gasteiger partial charge in [-0.3, -0.25) is 9.69 Å². The van der Waals surface area contributed by atoms with E-state index >= 15 is 0 Å². The largest absolute Gasteiger partial charge is 0.369 e. The van der Waals surface area contributed by atoms with Crippen molar-refractivity contribution in [1.29, 1.82) is 0 Å². The van der Waals surface area contributed by atoms with Crippen LogP contribution in [0.25, 0.3) is 0 Å². The number of nitrogens with zero attached hydrogens (tertiary/aromatic N) is 1. The van der Waals surface area contributed by atoms with Crippen LogP contribution in [0, 0.1) is 0 Å². The average Bonchev–Trinajstić information content (AvgIpc) is 2.54. The quantitative estimate of drug-likeness (QED) is 0.609. The van der Waals surface area contributed by atoms with Gasteiger partial charge >= 0.3 is 0 Å². The molecule has 1 saturated heterocycles. The van der Waals surface area contributed by atoms with Crippen LogP contribution in [0.1, 0.15) is 19.8 Å². The normalized spacial score (nSPS) is 22.5. The molecule has 1 atom stereocenters. The van der Waals surface area contributed by atoms with Crippen LogP contribution >= 0.6 is 0 Å². The van der Waals surface area contributed by atoms with E-state index in [1.165, 1.54) is 0 Å². The molecule has 0 radical (unpaired) electrons. The first-order valence-electron chi connectivity index (χ1n) is 4.97. The highest BCUT2D eigenvalue weighted by atomic mass is 16.1. The van der Waals surface area contributed by atoms with Gasteiger partial charge in [-0.25, -0.2) is 0 Å². The van der Waals surface area contributed by atoms with Crippen molar-refractivity contribution in [2.45, 2.75) is 25.8 Å². The van der Waals surface area contributed by atoms with E-state index in [0.29, 0.717) is 12.6 Å². The second kappa shape index (κ2) is 5.19. The minimum atomic E-state index is -0.222. The molecule has 13 heavy (non-hydrogen) atoms. The number of nitrogens with two attached hydrogens (primary N) is 1. The van der Waals surface area contributed by atoms with Gasteiger partial charge in [0.1, 0.15) is 0 Å². The number of hydrogen-bond acceptors (Lipinski definition) is 3. The van der Waals surface area contributed by atoms with E-state index in [9.17, 15) is 4.79 Å². The summed E-state index contributed by atoms with van der Waals surface area (Å²) in [6.45, 7) is 5.54. The highest BCUT2D eigenvalue weighted by molar-refractivity contribution is 5.75. The molecule has 3 N–H and O–H groups in total. The summed E-state index contributed by atoms with van der Waals surface area (Å²) < 4.78 is 0. The lowest BCUT2D eigenvalue weighted by molar-refractivity contribution is -0.119. The molecule has 1 rings (SSSR count). The van der Waals surface area contributed by atoms with Gasteiger partial charge in [0, 0.05) is 12.6 Å². The smallest absolute Gasteiger partial charge is 0.231 e. The standard InChI is InChI=1S/C9H19N3O/c1-2-5-12(7-9(10)13)8-3-4-11-6-8/h8,11H,2-7H2,1H3,(H2,10,13). The third-order valence-electron chi connectivity index (χ3n) is 2.42. The summed E-state index contributed by atoms with van der Waals surface area (Å²) in [7, 11) is 0. The molecule has 1 aliphatic heterocycles. The van der Waals surface area contributed by atoms with E-state index in [2.05, 4.69) is 17.1 Å². The maximum absolute atomic E-state index is 10.8. The Bertz CT molecular complexity index is 166.